The Kier molecular flexibility index (Phi) is 7.70. The topological polar surface area (TPSA) is 90.2 Å². The third-order valence-electron chi connectivity index (χ3n) is 6.93. The number of hydrogen-bond donors (Lipinski definition) is 0. The summed E-state index contributed by atoms with van der Waals surface area (Å²) < 4.78 is 12.9. The maximum atomic E-state index is 14.3. The molecule has 1 aromatic heterocycles. The van der Waals surface area contributed by atoms with Crippen LogP contribution in [0.25, 0.3) is 5.57 Å². The second-order valence-electron chi connectivity index (χ2n) is 9.95. The minimum Gasteiger partial charge on any atom is -0.496 e. The van der Waals surface area contributed by atoms with E-state index in [4.69, 9.17) is 21.1 Å². The molecule has 1 amide bonds. The van der Waals surface area contributed by atoms with E-state index < -0.39 is 17.6 Å². The van der Waals surface area contributed by atoms with Crippen molar-refractivity contribution in [2.45, 2.75) is 52.7 Å². The largest absolute Gasteiger partial charge is 0.496 e. The molecule has 0 saturated heterocycles. The first-order chi connectivity index (χ1) is 19.2. The van der Waals surface area contributed by atoms with Gasteiger partial charge in [0.15, 0.2) is 4.80 Å². The number of halogens is 1. The van der Waals surface area contributed by atoms with Crippen LogP contribution in [-0.4, -0.2) is 36.2 Å². The van der Waals surface area contributed by atoms with Gasteiger partial charge in [-0.3, -0.25) is 14.2 Å². The van der Waals surface area contributed by atoms with E-state index in [1.54, 1.807) is 43.9 Å². The molecule has 0 radical (unpaired) electrons. The minimum atomic E-state index is -0.923. The first-order valence-electron chi connectivity index (χ1n) is 13.2. The van der Waals surface area contributed by atoms with Crippen LogP contribution < -0.4 is 24.5 Å². The average molecular weight is 580 g/mol. The van der Waals surface area contributed by atoms with E-state index >= 15 is 0 Å². The number of aromatic nitrogens is 1. The Balaban J connectivity index is 1.82. The van der Waals surface area contributed by atoms with Gasteiger partial charge in [-0.25, -0.2) is 9.79 Å². The lowest BCUT2D eigenvalue weighted by molar-refractivity contribution is -0.143. The summed E-state index contributed by atoms with van der Waals surface area (Å²) in [6.07, 6.45) is 1.38. The Morgan fingerprint density at radius 2 is 1.93 bits per heavy atom. The van der Waals surface area contributed by atoms with Gasteiger partial charge in [-0.15, -0.1) is 0 Å². The van der Waals surface area contributed by atoms with Crippen molar-refractivity contribution in [1.29, 1.82) is 0 Å². The van der Waals surface area contributed by atoms with Crippen LogP contribution in [0.2, 0.25) is 5.02 Å². The van der Waals surface area contributed by atoms with Crippen molar-refractivity contribution in [1.82, 2.24) is 4.57 Å². The lowest BCUT2D eigenvalue weighted by Crippen LogP contribution is -2.41. The maximum absolute atomic E-state index is 14.3. The predicted octanol–water partition coefficient (Wildman–Crippen LogP) is 4.37. The Morgan fingerprint density at radius 1 is 1.18 bits per heavy atom. The number of ether oxygens (including phenoxy) is 2. The first kappa shape index (κ1) is 27.9. The number of allylic oxidation sites excluding steroid dienone is 1. The zero-order valence-corrected chi connectivity index (χ0v) is 24.6. The van der Waals surface area contributed by atoms with E-state index in [1.165, 1.54) is 11.7 Å². The summed E-state index contributed by atoms with van der Waals surface area (Å²) in [4.78, 5) is 48.3. The molecule has 3 aromatic rings. The van der Waals surface area contributed by atoms with Gasteiger partial charge in [0.05, 0.1) is 35.7 Å². The number of para-hydroxylation sites is 1. The van der Waals surface area contributed by atoms with Gasteiger partial charge in [-0.05, 0) is 51.5 Å². The first-order valence-corrected chi connectivity index (χ1v) is 14.4. The van der Waals surface area contributed by atoms with Gasteiger partial charge in [-0.1, -0.05) is 54.5 Å². The summed E-state index contributed by atoms with van der Waals surface area (Å²) in [6.45, 7) is 7.85. The van der Waals surface area contributed by atoms with Gasteiger partial charge >= 0.3 is 5.97 Å². The SMILES string of the molecule is CCCCN1C(=O)/C(=c2\sc3n(c2=O)[C@H](c2cc(Cl)ccc2OC)C(C(=O)OC(C)C)=C(C)N=3)c2ccccc21. The van der Waals surface area contributed by atoms with E-state index in [2.05, 4.69) is 11.9 Å². The number of thiazole rings is 1. The van der Waals surface area contributed by atoms with Crippen molar-refractivity contribution in [3.63, 3.8) is 0 Å². The third-order valence-corrected chi connectivity index (χ3v) is 8.22. The number of hydrogen-bond acceptors (Lipinski definition) is 7. The number of unbranched alkanes of at least 4 members (excludes halogenated alkanes) is 1. The fourth-order valence-corrected chi connectivity index (χ4v) is 6.48. The van der Waals surface area contributed by atoms with Crippen LogP contribution in [0.1, 0.15) is 57.7 Å². The lowest BCUT2D eigenvalue weighted by atomic mass is 9.95. The van der Waals surface area contributed by atoms with Crippen LogP contribution in [0.4, 0.5) is 5.69 Å². The second-order valence-corrected chi connectivity index (χ2v) is 11.4. The van der Waals surface area contributed by atoms with Crippen molar-refractivity contribution in [2.24, 2.45) is 4.99 Å². The monoisotopic (exact) mass is 579 g/mol. The number of esters is 1. The van der Waals surface area contributed by atoms with Gasteiger partial charge in [0.2, 0.25) is 0 Å². The molecule has 3 heterocycles. The smallest absolute Gasteiger partial charge is 0.338 e. The summed E-state index contributed by atoms with van der Waals surface area (Å²) in [6, 6.07) is 11.6. The molecule has 0 bridgehead atoms. The Morgan fingerprint density at radius 3 is 2.62 bits per heavy atom. The molecule has 0 saturated carbocycles. The summed E-state index contributed by atoms with van der Waals surface area (Å²) >= 11 is 7.54. The van der Waals surface area contributed by atoms with Gasteiger partial charge in [-0.2, -0.15) is 0 Å². The molecule has 40 heavy (non-hydrogen) atoms. The molecule has 5 rings (SSSR count). The lowest BCUT2D eigenvalue weighted by Gasteiger charge is -2.26. The zero-order chi connectivity index (χ0) is 28.7. The van der Waals surface area contributed by atoms with Gasteiger partial charge < -0.3 is 14.4 Å². The molecule has 2 aromatic carbocycles. The van der Waals surface area contributed by atoms with Gasteiger partial charge in [0.25, 0.3) is 11.5 Å². The molecule has 208 valence electrons. The number of carbonyl (C=O) groups is 2. The molecule has 1 atom stereocenters. The van der Waals surface area contributed by atoms with Crippen molar-refractivity contribution in [3.8, 4) is 5.75 Å². The molecule has 2 aliphatic heterocycles. The van der Waals surface area contributed by atoms with Crippen molar-refractivity contribution < 1.29 is 19.1 Å². The molecule has 0 fully saturated rings. The van der Waals surface area contributed by atoms with Crippen LogP contribution >= 0.6 is 22.9 Å². The highest BCUT2D eigenvalue weighted by atomic mass is 35.5. The number of carbonyl (C=O) groups excluding carboxylic acids is 2. The van der Waals surface area contributed by atoms with Gasteiger partial charge in [0.1, 0.15) is 16.3 Å². The van der Waals surface area contributed by atoms with E-state index in [1.807, 2.05) is 24.3 Å². The third kappa shape index (κ3) is 4.67. The number of rotatable bonds is 7. The molecule has 10 heteroatoms. The highest BCUT2D eigenvalue weighted by Crippen LogP contribution is 2.38. The summed E-state index contributed by atoms with van der Waals surface area (Å²) in [7, 11) is 1.51. The summed E-state index contributed by atoms with van der Waals surface area (Å²) in [5.41, 5.74) is 2.56. The van der Waals surface area contributed by atoms with Gasteiger partial charge in [0, 0.05) is 22.7 Å². The standard InChI is InChI=1S/C30H30ClN3O5S/c1-6-7-14-33-21-11-9-8-10-19(21)24(27(33)35)26-28(36)34-25(20-15-18(31)12-13-22(20)38-5)23(29(37)39-16(2)3)17(4)32-30(34)40-26/h8-13,15-16,25H,6-7,14H2,1-5H3/b26-24-/t25-/m1/s1. The normalized spacial score (nSPS) is 17.6. The number of anilines is 1. The summed E-state index contributed by atoms with van der Waals surface area (Å²) in [5.74, 6) is -0.355. The molecule has 0 spiro atoms. The number of methoxy groups -OCH3 is 1. The number of nitrogens with zero attached hydrogens (tertiary/aromatic N) is 3. The Labute approximate surface area is 240 Å². The zero-order valence-electron chi connectivity index (χ0n) is 23.0. The van der Waals surface area contributed by atoms with Crippen molar-refractivity contribution >= 4 is 46.1 Å². The number of benzene rings is 2. The van der Waals surface area contributed by atoms with E-state index in [9.17, 15) is 14.4 Å². The summed E-state index contributed by atoms with van der Waals surface area (Å²) in [5, 5.41) is 0.415. The number of amides is 1. The van der Waals surface area contributed by atoms with E-state index in [0.29, 0.717) is 44.5 Å². The second kappa shape index (κ2) is 11.1. The number of fused-ring (bicyclic) bond motifs is 2. The quantitative estimate of drug-likeness (QED) is 0.388. The fraction of sp³-hybridized carbons (Fsp3) is 0.333. The molecule has 0 aliphatic carbocycles. The van der Waals surface area contributed by atoms with Crippen LogP contribution in [0.3, 0.4) is 0 Å². The molecule has 2 aliphatic rings. The maximum Gasteiger partial charge on any atom is 0.338 e. The highest BCUT2D eigenvalue weighted by molar-refractivity contribution is 7.07. The molecule has 0 unspecified atom stereocenters. The molecular weight excluding hydrogens is 550 g/mol. The van der Waals surface area contributed by atoms with Crippen molar-refractivity contribution in [3.05, 3.63) is 89.6 Å². The van der Waals surface area contributed by atoms with E-state index in [0.717, 1.165) is 29.9 Å². The van der Waals surface area contributed by atoms with Crippen LogP contribution in [0.15, 0.2) is 63.5 Å². The van der Waals surface area contributed by atoms with Crippen LogP contribution in [-0.2, 0) is 14.3 Å². The highest BCUT2D eigenvalue weighted by Gasteiger charge is 2.38. The Hall–Kier alpha value is -3.69. The molecule has 8 nitrogen and oxygen atoms in total. The van der Waals surface area contributed by atoms with E-state index in [-0.39, 0.29) is 22.1 Å². The van der Waals surface area contributed by atoms with Crippen LogP contribution in [0.5, 0.6) is 5.75 Å². The van der Waals surface area contributed by atoms with Crippen molar-refractivity contribution in [2.75, 3.05) is 18.6 Å². The average Bonchev–Trinajstić information content (AvgIpc) is 3.38. The fourth-order valence-electron chi connectivity index (χ4n) is 5.16. The molecule has 0 N–H and O–H groups in total. The minimum absolute atomic E-state index is 0.209. The van der Waals surface area contributed by atoms with Crippen LogP contribution in [0, 0.1) is 0 Å². The predicted molar refractivity (Wildman–Crippen MR) is 156 cm³/mol. The molecular formula is C30H30ClN3O5S. The Bertz CT molecular complexity index is 1740.